The molecule has 0 aromatic carbocycles. The fraction of sp³-hybridized carbons (Fsp3) is 0.818. The summed E-state index contributed by atoms with van der Waals surface area (Å²) >= 11 is 1.51. The SMILES string of the molecule is CC(C)O[C@@H]1C(=O)N2[C@@H]1SC(C)(C)[C@@H]2C(=O)O. The van der Waals surface area contributed by atoms with Crippen molar-refractivity contribution in [1.29, 1.82) is 0 Å². The van der Waals surface area contributed by atoms with Crippen LogP contribution < -0.4 is 0 Å². The van der Waals surface area contributed by atoms with E-state index >= 15 is 0 Å². The number of β-lactam (4-membered cyclic amide) rings is 1. The van der Waals surface area contributed by atoms with Gasteiger partial charge < -0.3 is 14.7 Å². The Balaban J connectivity index is 2.19. The third kappa shape index (κ3) is 1.83. The Morgan fingerprint density at radius 1 is 1.53 bits per heavy atom. The lowest BCUT2D eigenvalue weighted by molar-refractivity contribution is -0.178. The van der Waals surface area contributed by atoms with Crippen molar-refractivity contribution < 1.29 is 19.4 Å². The van der Waals surface area contributed by atoms with Crippen molar-refractivity contribution in [3.8, 4) is 0 Å². The Bertz CT molecular complexity index is 368. The standard InChI is InChI=1S/C11H17NO4S/c1-5(2)16-6-8(13)12-7(10(14)15)11(3,4)17-9(6)12/h5-7,9H,1-4H3,(H,14,15)/t6-,7+,9-/m1/s1. The zero-order chi connectivity index (χ0) is 13.0. The number of hydrogen-bond acceptors (Lipinski definition) is 4. The van der Waals surface area contributed by atoms with Gasteiger partial charge in [0.15, 0.2) is 6.10 Å². The molecule has 2 aliphatic rings. The van der Waals surface area contributed by atoms with Crippen LogP contribution in [0, 0.1) is 0 Å². The largest absolute Gasteiger partial charge is 0.480 e. The first-order valence-corrected chi connectivity index (χ1v) is 6.52. The molecule has 0 aliphatic carbocycles. The lowest BCUT2D eigenvalue weighted by Gasteiger charge is -2.43. The third-order valence-electron chi connectivity index (χ3n) is 3.04. The Hall–Kier alpha value is -0.750. The molecule has 0 radical (unpaired) electrons. The van der Waals surface area contributed by atoms with Crippen molar-refractivity contribution in [3.05, 3.63) is 0 Å². The average molecular weight is 259 g/mol. The molecule has 96 valence electrons. The van der Waals surface area contributed by atoms with Crippen LogP contribution in [0.15, 0.2) is 0 Å². The van der Waals surface area contributed by atoms with E-state index in [2.05, 4.69) is 0 Å². The van der Waals surface area contributed by atoms with Gasteiger partial charge in [0.1, 0.15) is 11.4 Å². The minimum Gasteiger partial charge on any atom is -0.480 e. The summed E-state index contributed by atoms with van der Waals surface area (Å²) in [6.45, 7) is 7.45. The van der Waals surface area contributed by atoms with Crippen molar-refractivity contribution in [1.82, 2.24) is 4.90 Å². The predicted octanol–water partition coefficient (Wildman–Crippen LogP) is 0.927. The summed E-state index contributed by atoms with van der Waals surface area (Å²) in [7, 11) is 0. The maximum absolute atomic E-state index is 11.9. The Labute approximate surface area is 104 Å². The molecule has 5 nitrogen and oxygen atoms in total. The van der Waals surface area contributed by atoms with E-state index in [1.165, 1.54) is 16.7 Å². The summed E-state index contributed by atoms with van der Waals surface area (Å²) in [5, 5.41) is 9.06. The van der Waals surface area contributed by atoms with Crippen LogP contribution in [0.2, 0.25) is 0 Å². The van der Waals surface area contributed by atoms with E-state index in [0.717, 1.165) is 0 Å². The van der Waals surface area contributed by atoms with Crippen LogP contribution in [0.25, 0.3) is 0 Å². The number of carbonyl (C=O) groups excluding carboxylic acids is 1. The number of carboxylic acid groups (broad SMARTS) is 1. The zero-order valence-electron chi connectivity index (χ0n) is 10.3. The van der Waals surface area contributed by atoms with E-state index < -0.39 is 22.9 Å². The molecule has 2 fully saturated rings. The highest BCUT2D eigenvalue weighted by Crippen LogP contribution is 2.51. The molecule has 0 aromatic rings. The molecule has 17 heavy (non-hydrogen) atoms. The number of aliphatic carboxylic acids is 1. The zero-order valence-corrected chi connectivity index (χ0v) is 11.2. The van der Waals surface area contributed by atoms with Gasteiger partial charge in [0.25, 0.3) is 5.91 Å². The topological polar surface area (TPSA) is 66.8 Å². The van der Waals surface area contributed by atoms with Crippen molar-refractivity contribution >= 4 is 23.6 Å². The van der Waals surface area contributed by atoms with Crippen molar-refractivity contribution in [2.24, 2.45) is 0 Å². The molecule has 0 unspecified atom stereocenters. The fourth-order valence-electron chi connectivity index (χ4n) is 2.40. The second-order valence-corrected chi connectivity index (χ2v) is 6.97. The van der Waals surface area contributed by atoms with Gasteiger partial charge in [0.05, 0.1) is 6.10 Å². The second kappa shape index (κ2) is 3.88. The maximum Gasteiger partial charge on any atom is 0.327 e. The maximum atomic E-state index is 11.9. The number of ether oxygens (including phenoxy) is 1. The number of carboxylic acids is 1. The minimum atomic E-state index is -0.943. The number of thioether (sulfide) groups is 1. The number of nitrogens with zero attached hydrogens (tertiary/aromatic N) is 1. The molecule has 1 amide bonds. The molecular weight excluding hydrogens is 242 g/mol. The monoisotopic (exact) mass is 259 g/mol. The van der Waals surface area contributed by atoms with E-state index in [1.807, 2.05) is 27.7 Å². The lowest BCUT2D eigenvalue weighted by atomic mass is 9.97. The van der Waals surface area contributed by atoms with Crippen LogP contribution in [0.3, 0.4) is 0 Å². The smallest absolute Gasteiger partial charge is 0.327 e. The third-order valence-corrected chi connectivity index (χ3v) is 4.59. The van der Waals surface area contributed by atoms with Crippen molar-refractivity contribution in [3.63, 3.8) is 0 Å². The molecule has 0 aromatic heterocycles. The summed E-state index contributed by atoms with van der Waals surface area (Å²) in [6.07, 6.45) is -0.512. The average Bonchev–Trinajstić information content (AvgIpc) is 2.43. The van der Waals surface area contributed by atoms with Crippen LogP contribution in [0.5, 0.6) is 0 Å². The summed E-state index contributed by atoms with van der Waals surface area (Å²) < 4.78 is 5.06. The molecule has 2 saturated heterocycles. The van der Waals surface area contributed by atoms with Crippen molar-refractivity contribution in [2.45, 2.75) is 56.1 Å². The molecule has 3 atom stereocenters. The fourth-order valence-corrected chi connectivity index (χ4v) is 4.01. The van der Waals surface area contributed by atoms with Gasteiger partial charge >= 0.3 is 5.97 Å². The lowest BCUT2D eigenvalue weighted by Crippen LogP contribution is -2.66. The molecule has 0 bridgehead atoms. The Morgan fingerprint density at radius 2 is 2.12 bits per heavy atom. The molecule has 1 N–H and O–H groups in total. The normalized spacial score (nSPS) is 34.8. The molecule has 2 heterocycles. The van der Waals surface area contributed by atoms with Gasteiger partial charge in [-0.05, 0) is 27.7 Å². The van der Waals surface area contributed by atoms with Gasteiger partial charge in [-0.2, -0.15) is 0 Å². The predicted molar refractivity (Wildman–Crippen MR) is 63.7 cm³/mol. The highest BCUT2D eigenvalue weighted by molar-refractivity contribution is 8.01. The number of fused-ring (bicyclic) bond motifs is 1. The number of carbonyl (C=O) groups is 2. The highest BCUT2D eigenvalue weighted by atomic mass is 32.2. The Morgan fingerprint density at radius 3 is 2.59 bits per heavy atom. The van der Waals surface area contributed by atoms with Crippen molar-refractivity contribution in [2.75, 3.05) is 0 Å². The van der Waals surface area contributed by atoms with E-state index in [1.54, 1.807) is 0 Å². The quantitative estimate of drug-likeness (QED) is 0.764. The number of amides is 1. The first kappa shape index (κ1) is 12.7. The summed E-state index contributed by atoms with van der Waals surface area (Å²) in [6, 6.07) is -0.753. The summed E-state index contributed by atoms with van der Waals surface area (Å²) in [5.41, 5.74) is 0. The van der Waals surface area contributed by atoms with Crippen LogP contribution in [-0.4, -0.2) is 50.3 Å². The molecule has 0 spiro atoms. The Kier molecular flexibility index (Phi) is 2.90. The molecule has 2 aliphatic heterocycles. The van der Waals surface area contributed by atoms with Crippen LogP contribution in [-0.2, 0) is 14.3 Å². The summed E-state index contributed by atoms with van der Waals surface area (Å²) in [5.74, 6) is -1.14. The van der Waals surface area contributed by atoms with Gasteiger partial charge in [-0.25, -0.2) is 4.79 Å². The van der Waals surface area contributed by atoms with Gasteiger partial charge in [-0.1, -0.05) is 0 Å². The van der Waals surface area contributed by atoms with Gasteiger partial charge in [-0.3, -0.25) is 4.79 Å². The van der Waals surface area contributed by atoms with Crippen LogP contribution >= 0.6 is 11.8 Å². The first-order valence-electron chi connectivity index (χ1n) is 5.64. The van der Waals surface area contributed by atoms with Gasteiger partial charge in [0, 0.05) is 4.75 Å². The molecule has 2 rings (SSSR count). The summed E-state index contributed by atoms with van der Waals surface area (Å²) in [4.78, 5) is 24.6. The number of rotatable bonds is 3. The first-order chi connectivity index (χ1) is 7.75. The van der Waals surface area contributed by atoms with E-state index in [4.69, 9.17) is 4.74 Å². The minimum absolute atomic E-state index is 0.0290. The van der Waals surface area contributed by atoms with Crippen LogP contribution in [0.4, 0.5) is 0 Å². The number of hydrogen-bond donors (Lipinski definition) is 1. The second-order valence-electron chi connectivity index (χ2n) is 5.20. The molecular formula is C11H17NO4S. The van der Waals surface area contributed by atoms with E-state index in [0.29, 0.717) is 0 Å². The molecule has 0 saturated carbocycles. The van der Waals surface area contributed by atoms with Gasteiger partial charge in [-0.15, -0.1) is 11.8 Å². The molecule has 6 heteroatoms. The highest BCUT2D eigenvalue weighted by Gasteiger charge is 2.64. The van der Waals surface area contributed by atoms with E-state index in [-0.39, 0.29) is 17.4 Å². The van der Waals surface area contributed by atoms with Gasteiger partial charge in [0.2, 0.25) is 0 Å². The van der Waals surface area contributed by atoms with E-state index in [9.17, 15) is 14.7 Å². The van der Waals surface area contributed by atoms with Crippen LogP contribution in [0.1, 0.15) is 27.7 Å².